The summed E-state index contributed by atoms with van der Waals surface area (Å²) in [6, 6.07) is 0.143. The summed E-state index contributed by atoms with van der Waals surface area (Å²) < 4.78 is 43.5. The van der Waals surface area contributed by atoms with E-state index in [1.807, 2.05) is 4.90 Å². The molecule has 0 N–H and O–H groups in total. The Morgan fingerprint density at radius 1 is 1.35 bits per heavy atom. The third-order valence-electron chi connectivity index (χ3n) is 4.41. The minimum Gasteiger partial charge on any atom is -0.377 e. The molecule has 3 rings (SSSR count). The van der Waals surface area contributed by atoms with Gasteiger partial charge in [0, 0.05) is 31.0 Å². The summed E-state index contributed by atoms with van der Waals surface area (Å²) in [6.07, 6.45) is -3.27. The Morgan fingerprint density at radius 2 is 2.05 bits per heavy atom. The fourth-order valence-corrected chi connectivity index (χ4v) is 4.38. The van der Waals surface area contributed by atoms with Crippen molar-refractivity contribution in [2.45, 2.75) is 38.6 Å². The molecule has 112 valence electrons. The molecule has 20 heavy (non-hydrogen) atoms. The SMILES string of the molecule is CN(c1nnc(C(F)(F)F)s1)C1C2CCOC2C1(C)C. The highest BCUT2D eigenvalue weighted by atomic mass is 32.1. The summed E-state index contributed by atoms with van der Waals surface area (Å²) in [7, 11) is 1.79. The molecule has 1 saturated carbocycles. The van der Waals surface area contributed by atoms with Crippen LogP contribution in [0.2, 0.25) is 0 Å². The highest BCUT2D eigenvalue weighted by Gasteiger charge is 2.61. The molecule has 1 aromatic heterocycles. The summed E-state index contributed by atoms with van der Waals surface area (Å²) >= 11 is 0.598. The topological polar surface area (TPSA) is 38.2 Å². The van der Waals surface area contributed by atoms with Gasteiger partial charge < -0.3 is 9.64 Å². The van der Waals surface area contributed by atoms with E-state index in [1.54, 1.807) is 7.05 Å². The zero-order chi connectivity index (χ0) is 14.7. The van der Waals surface area contributed by atoms with Crippen LogP contribution in [-0.4, -0.2) is 36.0 Å². The predicted molar refractivity (Wildman–Crippen MR) is 68.7 cm³/mol. The van der Waals surface area contributed by atoms with E-state index in [4.69, 9.17) is 4.74 Å². The maximum atomic E-state index is 12.6. The van der Waals surface area contributed by atoms with Crippen molar-refractivity contribution in [3.8, 4) is 0 Å². The van der Waals surface area contributed by atoms with Crippen LogP contribution in [0.15, 0.2) is 0 Å². The van der Waals surface area contributed by atoms with Crippen LogP contribution in [0, 0.1) is 11.3 Å². The summed E-state index contributed by atoms with van der Waals surface area (Å²) in [5.74, 6) is 0.369. The molecule has 1 aromatic rings. The number of anilines is 1. The predicted octanol–water partition coefficient (Wildman–Crippen LogP) is 2.81. The molecule has 2 heterocycles. The van der Waals surface area contributed by atoms with E-state index >= 15 is 0 Å². The summed E-state index contributed by atoms with van der Waals surface area (Å²) in [5.41, 5.74) is -0.0834. The van der Waals surface area contributed by atoms with Crippen molar-refractivity contribution in [1.82, 2.24) is 10.2 Å². The first kappa shape index (κ1) is 14.1. The van der Waals surface area contributed by atoms with Crippen LogP contribution in [-0.2, 0) is 10.9 Å². The first-order valence-electron chi connectivity index (χ1n) is 6.48. The molecule has 0 spiro atoms. The fourth-order valence-electron chi connectivity index (χ4n) is 3.68. The van der Waals surface area contributed by atoms with Crippen molar-refractivity contribution in [1.29, 1.82) is 0 Å². The van der Waals surface area contributed by atoms with Gasteiger partial charge in [0.1, 0.15) is 0 Å². The summed E-state index contributed by atoms with van der Waals surface area (Å²) in [4.78, 5) is 1.84. The number of ether oxygens (including phenoxy) is 1. The number of hydrogen-bond acceptors (Lipinski definition) is 5. The first-order chi connectivity index (χ1) is 9.23. The van der Waals surface area contributed by atoms with Gasteiger partial charge in [-0.05, 0) is 6.42 Å². The third-order valence-corrected chi connectivity index (χ3v) is 5.47. The van der Waals surface area contributed by atoms with Crippen molar-refractivity contribution in [2.24, 2.45) is 11.3 Å². The Balaban J connectivity index is 1.82. The Hall–Kier alpha value is -0.890. The molecular formula is C12H16F3N3OS. The Kier molecular flexibility index (Phi) is 3.02. The van der Waals surface area contributed by atoms with E-state index in [2.05, 4.69) is 24.0 Å². The second-order valence-corrected chi connectivity index (χ2v) is 6.96. The molecular weight excluding hydrogens is 291 g/mol. The van der Waals surface area contributed by atoms with Crippen LogP contribution in [0.1, 0.15) is 25.3 Å². The van der Waals surface area contributed by atoms with Gasteiger partial charge in [0.15, 0.2) is 0 Å². The Bertz CT molecular complexity index is 516. The van der Waals surface area contributed by atoms with Crippen LogP contribution in [0.25, 0.3) is 0 Å². The van der Waals surface area contributed by atoms with Crippen LogP contribution in [0.3, 0.4) is 0 Å². The van der Waals surface area contributed by atoms with Gasteiger partial charge in [0.05, 0.1) is 6.10 Å². The van der Waals surface area contributed by atoms with E-state index in [1.165, 1.54) is 0 Å². The number of nitrogens with zero attached hydrogens (tertiary/aromatic N) is 3. The molecule has 1 aliphatic carbocycles. The highest BCUT2D eigenvalue weighted by molar-refractivity contribution is 7.15. The van der Waals surface area contributed by atoms with Gasteiger partial charge >= 0.3 is 6.18 Å². The number of alkyl halides is 3. The van der Waals surface area contributed by atoms with E-state index in [9.17, 15) is 13.2 Å². The number of fused-ring (bicyclic) bond motifs is 1. The molecule has 1 aliphatic heterocycles. The standard InChI is InChI=1S/C12H16F3N3OS/c1-11(2)7(6-4-5-19-8(6)11)18(3)10-17-16-9(20-10)12(13,14)15/h6-8H,4-5H2,1-3H3. The molecule has 3 atom stereocenters. The van der Waals surface area contributed by atoms with E-state index in [-0.39, 0.29) is 17.6 Å². The van der Waals surface area contributed by atoms with Gasteiger partial charge in [-0.1, -0.05) is 25.2 Å². The normalized spacial score (nSPS) is 31.8. The first-order valence-corrected chi connectivity index (χ1v) is 7.29. The second kappa shape index (κ2) is 4.30. The number of aromatic nitrogens is 2. The number of hydrogen-bond donors (Lipinski definition) is 0. The lowest BCUT2D eigenvalue weighted by atomic mass is 9.57. The zero-order valence-electron chi connectivity index (χ0n) is 11.4. The molecule has 8 heteroatoms. The maximum absolute atomic E-state index is 12.6. The fraction of sp³-hybridized carbons (Fsp3) is 0.833. The molecule has 0 aromatic carbocycles. The molecule has 1 saturated heterocycles. The third kappa shape index (κ3) is 1.92. The van der Waals surface area contributed by atoms with Crippen LogP contribution >= 0.6 is 11.3 Å². The van der Waals surface area contributed by atoms with Crippen molar-refractivity contribution >= 4 is 16.5 Å². The minimum atomic E-state index is -4.43. The van der Waals surface area contributed by atoms with Gasteiger partial charge in [-0.3, -0.25) is 0 Å². The average molecular weight is 307 g/mol. The van der Waals surface area contributed by atoms with E-state index in [0.717, 1.165) is 13.0 Å². The van der Waals surface area contributed by atoms with Crippen molar-refractivity contribution in [3.63, 3.8) is 0 Å². The number of halogens is 3. The lowest BCUT2D eigenvalue weighted by molar-refractivity contribution is -0.138. The average Bonchev–Trinajstić information content (AvgIpc) is 2.94. The molecule has 0 amide bonds. The quantitative estimate of drug-likeness (QED) is 0.842. The Morgan fingerprint density at radius 3 is 2.65 bits per heavy atom. The van der Waals surface area contributed by atoms with Crippen molar-refractivity contribution < 1.29 is 17.9 Å². The summed E-state index contributed by atoms with van der Waals surface area (Å²) in [6.45, 7) is 4.91. The zero-order valence-corrected chi connectivity index (χ0v) is 12.3. The van der Waals surface area contributed by atoms with E-state index < -0.39 is 11.2 Å². The van der Waals surface area contributed by atoms with Crippen LogP contribution < -0.4 is 4.90 Å². The minimum absolute atomic E-state index is 0.0834. The maximum Gasteiger partial charge on any atom is 0.445 e. The molecule has 2 fully saturated rings. The van der Waals surface area contributed by atoms with Crippen molar-refractivity contribution in [2.75, 3.05) is 18.6 Å². The largest absolute Gasteiger partial charge is 0.445 e. The highest BCUT2D eigenvalue weighted by Crippen LogP contribution is 2.55. The monoisotopic (exact) mass is 307 g/mol. The smallest absolute Gasteiger partial charge is 0.377 e. The van der Waals surface area contributed by atoms with Gasteiger partial charge in [0.25, 0.3) is 0 Å². The lowest BCUT2D eigenvalue weighted by Crippen LogP contribution is -2.66. The van der Waals surface area contributed by atoms with E-state index in [0.29, 0.717) is 22.4 Å². The molecule has 4 nitrogen and oxygen atoms in total. The van der Waals surface area contributed by atoms with Gasteiger partial charge in [-0.25, -0.2) is 0 Å². The van der Waals surface area contributed by atoms with Crippen molar-refractivity contribution in [3.05, 3.63) is 5.01 Å². The summed E-state index contributed by atoms with van der Waals surface area (Å²) in [5, 5.41) is 6.38. The van der Waals surface area contributed by atoms with Crippen LogP contribution in [0.4, 0.5) is 18.3 Å². The molecule has 0 bridgehead atoms. The molecule has 0 radical (unpaired) electrons. The van der Waals surface area contributed by atoms with Gasteiger partial charge in [-0.2, -0.15) is 13.2 Å². The van der Waals surface area contributed by atoms with Gasteiger partial charge in [-0.15, -0.1) is 10.2 Å². The Labute approximate surface area is 118 Å². The molecule has 3 unspecified atom stereocenters. The van der Waals surface area contributed by atoms with Gasteiger partial charge in [0.2, 0.25) is 10.1 Å². The second-order valence-electron chi connectivity index (χ2n) is 6.01. The number of rotatable bonds is 2. The molecule has 2 aliphatic rings. The lowest BCUT2D eigenvalue weighted by Gasteiger charge is -2.57. The van der Waals surface area contributed by atoms with Crippen LogP contribution in [0.5, 0.6) is 0 Å².